The summed E-state index contributed by atoms with van der Waals surface area (Å²) in [4.78, 5) is 24.4. The number of likely N-dealkylation sites (N-methyl/N-ethyl adjacent to an activating group) is 1. The van der Waals surface area contributed by atoms with Crippen LogP contribution in [0.2, 0.25) is 0 Å². The average Bonchev–Trinajstić information content (AvgIpc) is 2.15. The summed E-state index contributed by atoms with van der Waals surface area (Å²) in [6, 6.07) is -0.669. The van der Waals surface area contributed by atoms with Gasteiger partial charge in [-0.1, -0.05) is 0 Å². The van der Waals surface area contributed by atoms with Crippen LogP contribution in [0.5, 0.6) is 0 Å². The molecule has 0 aromatic carbocycles. The zero-order valence-corrected chi connectivity index (χ0v) is 11.1. The predicted molar refractivity (Wildman–Crippen MR) is 65.5 cm³/mol. The smallest absolute Gasteiger partial charge is 0.329 e. The average molecular weight is 251 g/mol. The third-order valence-electron chi connectivity index (χ3n) is 1.96. The molecular formula is C9H17NO3S2. The molecular weight excluding hydrogens is 234 g/mol. The fourth-order valence-electron chi connectivity index (χ4n) is 1.06. The molecule has 1 unspecified atom stereocenters. The highest BCUT2D eigenvalue weighted by Crippen LogP contribution is 2.17. The Bertz CT molecular complexity index is 250. The molecule has 0 N–H and O–H groups in total. The van der Waals surface area contributed by atoms with E-state index in [4.69, 9.17) is 0 Å². The normalized spacial score (nSPS) is 13.2. The fourth-order valence-corrected chi connectivity index (χ4v) is 1.62. The summed E-state index contributed by atoms with van der Waals surface area (Å²) in [7, 11) is 2.82. The summed E-state index contributed by atoms with van der Waals surface area (Å²) in [6.45, 7) is 3.34. The van der Waals surface area contributed by atoms with E-state index >= 15 is 0 Å². The van der Waals surface area contributed by atoms with Gasteiger partial charge in [0.1, 0.15) is 6.04 Å². The van der Waals surface area contributed by atoms with E-state index in [2.05, 4.69) is 30.0 Å². The van der Waals surface area contributed by atoms with Gasteiger partial charge in [0, 0.05) is 12.8 Å². The number of esters is 1. The molecule has 0 radical (unpaired) electrons. The van der Waals surface area contributed by atoms with Gasteiger partial charge in [0.2, 0.25) is 5.91 Å². The minimum absolute atomic E-state index is 0.221. The van der Waals surface area contributed by atoms with Crippen molar-refractivity contribution in [2.24, 2.45) is 0 Å². The topological polar surface area (TPSA) is 46.6 Å². The molecule has 0 aliphatic carbocycles. The van der Waals surface area contributed by atoms with E-state index < -0.39 is 16.8 Å². The van der Waals surface area contributed by atoms with Crippen LogP contribution >= 0.6 is 25.3 Å². The monoisotopic (exact) mass is 251 g/mol. The predicted octanol–water partition coefficient (Wildman–Crippen LogP) is 0.625. The van der Waals surface area contributed by atoms with Crippen molar-refractivity contribution in [2.75, 3.05) is 19.9 Å². The Labute approximate surface area is 101 Å². The second-order valence-electron chi connectivity index (χ2n) is 3.70. The standard InChI is InChI=1S/C9H17NO3S2/c1-9(2,15)8(12)10(3)6(5-14)7(11)13-4/h6,14-15H,5H2,1-4H3. The number of hydrogen-bond acceptors (Lipinski definition) is 5. The summed E-state index contributed by atoms with van der Waals surface area (Å²) in [5.41, 5.74) is 0. The Morgan fingerprint density at radius 1 is 1.47 bits per heavy atom. The number of thiol groups is 2. The van der Waals surface area contributed by atoms with E-state index in [0.717, 1.165) is 0 Å². The number of amides is 1. The number of rotatable bonds is 4. The van der Waals surface area contributed by atoms with Gasteiger partial charge in [-0.25, -0.2) is 4.79 Å². The van der Waals surface area contributed by atoms with Crippen LogP contribution in [-0.4, -0.2) is 47.5 Å². The van der Waals surface area contributed by atoms with Crippen LogP contribution in [0.4, 0.5) is 0 Å². The number of carbonyl (C=O) groups is 2. The van der Waals surface area contributed by atoms with Crippen LogP contribution in [0.15, 0.2) is 0 Å². The second-order valence-corrected chi connectivity index (χ2v) is 5.18. The Hall–Kier alpha value is -0.360. The first kappa shape index (κ1) is 14.6. The van der Waals surface area contributed by atoms with Gasteiger partial charge in [0.15, 0.2) is 0 Å². The molecule has 0 saturated carbocycles. The van der Waals surface area contributed by atoms with Crippen molar-refractivity contribution < 1.29 is 14.3 Å². The molecule has 0 bridgehead atoms. The minimum atomic E-state index is -0.816. The van der Waals surface area contributed by atoms with E-state index in [-0.39, 0.29) is 11.7 Å². The quantitative estimate of drug-likeness (QED) is 0.569. The van der Waals surface area contributed by atoms with E-state index in [1.165, 1.54) is 19.1 Å². The minimum Gasteiger partial charge on any atom is -0.467 e. The van der Waals surface area contributed by atoms with Crippen molar-refractivity contribution in [1.82, 2.24) is 4.90 Å². The zero-order chi connectivity index (χ0) is 12.2. The van der Waals surface area contributed by atoms with Crippen LogP contribution in [0.3, 0.4) is 0 Å². The molecule has 0 aliphatic heterocycles. The maximum Gasteiger partial charge on any atom is 0.329 e. The number of methoxy groups -OCH3 is 1. The van der Waals surface area contributed by atoms with Crippen molar-refractivity contribution in [3.63, 3.8) is 0 Å². The summed E-state index contributed by atoms with van der Waals surface area (Å²) in [6.07, 6.45) is 0. The molecule has 0 rings (SSSR count). The van der Waals surface area contributed by atoms with Crippen LogP contribution < -0.4 is 0 Å². The maximum absolute atomic E-state index is 11.8. The molecule has 1 amide bonds. The van der Waals surface area contributed by atoms with E-state index in [9.17, 15) is 9.59 Å². The molecule has 0 aliphatic rings. The fraction of sp³-hybridized carbons (Fsp3) is 0.778. The zero-order valence-electron chi connectivity index (χ0n) is 9.35. The highest BCUT2D eigenvalue weighted by molar-refractivity contribution is 7.82. The lowest BCUT2D eigenvalue weighted by atomic mass is 10.1. The highest BCUT2D eigenvalue weighted by Gasteiger charge is 2.33. The Kier molecular flexibility index (Phi) is 5.51. The highest BCUT2D eigenvalue weighted by atomic mass is 32.1. The summed E-state index contributed by atoms with van der Waals surface area (Å²) in [5.74, 6) is -0.493. The van der Waals surface area contributed by atoms with E-state index in [0.29, 0.717) is 0 Å². The van der Waals surface area contributed by atoms with Gasteiger partial charge >= 0.3 is 5.97 Å². The lowest BCUT2D eigenvalue weighted by molar-refractivity contribution is -0.151. The van der Waals surface area contributed by atoms with Crippen LogP contribution in [0.25, 0.3) is 0 Å². The third kappa shape index (κ3) is 3.95. The molecule has 1 atom stereocenters. The largest absolute Gasteiger partial charge is 0.467 e. The lowest BCUT2D eigenvalue weighted by Gasteiger charge is -2.30. The van der Waals surface area contributed by atoms with Gasteiger partial charge in [0.05, 0.1) is 11.9 Å². The van der Waals surface area contributed by atoms with Crippen molar-refractivity contribution >= 4 is 37.1 Å². The van der Waals surface area contributed by atoms with Gasteiger partial charge in [-0.05, 0) is 13.8 Å². The summed E-state index contributed by atoms with van der Waals surface area (Å²) in [5, 5.41) is 0. The first-order valence-corrected chi connectivity index (χ1v) is 5.52. The second kappa shape index (κ2) is 5.65. The number of carbonyl (C=O) groups excluding carboxylic acids is 2. The van der Waals surface area contributed by atoms with Crippen molar-refractivity contribution in [1.29, 1.82) is 0 Å². The molecule has 88 valence electrons. The molecule has 0 aromatic rings. The Morgan fingerprint density at radius 2 is 1.93 bits per heavy atom. The number of nitrogens with zero attached hydrogens (tertiary/aromatic N) is 1. The van der Waals surface area contributed by atoms with Crippen molar-refractivity contribution in [3.05, 3.63) is 0 Å². The molecule has 0 heterocycles. The van der Waals surface area contributed by atoms with Gasteiger partial charge < -0.3 is 9.64 Å². The van der Waals surface area contributed by atoms with Gasteiger partial charge in [-0.15, -0.1) is 0 Å². The molecule has 0 fully saturated rings. The summed E-state index contributed by atoms with van der Waals surface area (Å²) < 4.78 is 3.77. The molecule has 0 aromatic heterocycles. The molecule has 0 saturated heterocycles. The van der Waals surface area contributed by atoms with Gasteiger partial charge in [-0.2, -0.15) is 25.3 Å². The Morgan fingerprint density at radius 3 is 2.20 bits per heavy atom. The van der Waals surface area contributed by atoms with E-state index in [1.807, 2.05) is 0 Å². The van der Waals surface area contributed by atoms with Crippen LogP contribution in [0.1, 0.15) is 13.8 Å². The maximum atomic E-state index is 11.8. The summed E-state index contributed by atoms with van der Waals surface area (Å²) >= 11 is 8.17. The lowest BCUT2D eigenvalue weighted by Crippen LogP contribution is -2.49. The third-order valence-corrected chi connectivity index (χ3v) is 2.49. The van der Waals surface area contributed by atoms with Crippen molar-refractivity contribution in [3.8, 4) is 0 Å². The first-order valence-electron chi connectivity index (χ1n) is 4.44. The van der Waals surface area contributed by atoms with Crippen molar-refractivity contribution in [2.45, 2.75) is 24.6 Å². The molecule has 4 nitrogen and oxygen atoms in total. The van der Waals surface area contributed by atoms with Crippen LogP contribution in [-0.2, 0) is 14.3 Å². The van der Waals surface area contributed by atoms with Gasteiger partial charge in [-0.3, -0.25) is 4.79 Å². The molecule has 15 heavy (non-hydrogen) atoms. The van der Waals surface area contributed by atoms with E-state index in [1.54, 1.807) is 13.8 Å². The number of ether oxygens (including phenoxy) is 1. The van der Waals surface area contributed by atoms with Gasteiger partial charge in [0.25, 0.3) is 0 Å². The SMILES string of the molecule is COC(=O)C(CS)N(C)C(=O)C(C)(C)S. The van der Waals surface area contributed by atoms with Crippen LogP contribution in [0, 0.1) is 0 Å². The first-order chi connectivity index (χ1) is 6.75. The molecule has 6 heteroatoms. The Balaban J connectivity index is 4.74. The number of hydrogen-bond donors (Lipinski definition) is 2. The molecule has 0 spiro atoms.